The van der Waals surface area contributed by atoms with Gasteiger partial charge in [0.25, 0.3) is 5.88 Å². The summed E-state index contributed by atoms with van der Waals surface area (Å²) in [6.45, 7) is 1.24. The number of nitrogens with zero attached hydrogens (tertiary/aromatic N) is 1. The van der Waals surface area contributed by atoms with Gasteiger partial charge in [0.2, 0.25) is 0 Å². The molecule has 2 aromatic rings. The second-order valence-electron chi connectivity index (χ2n) is 3.47. The first-order chi connectivity index (χ1) is 8.58. The lowest BCUT2D eigenvalue weighted by molar-refractivity contribution is -0.132. The molecule has 0 fully saturated rings. The molecule has 0 aliphatic carbocycles. The van der Waals surface area contributed by atoms with Crippen molar-refractivity contribution in [1.82, 2.24) is 4.98 Å². The highest BCUT2D eigenvalue weighted by Gasteiger charge is 2.15. The third kappa shape index (κ3) is 2.37. The quantitative estimate of drug-likeness (QED) is 0.834. The molecule has 0 spiro atoms. The van der Waals surface area contributed by atoms with Crippen molar-refractivity contribution in [3.63, 3.8) is 0 Å². The minimum Gasteiger partial charge on any atom is -0.478 e. The summed E-state index contributed by atoms with van der Waals surface area (Å²) < 4.78 is 9.95. The highest BCUT2D eigenvalue weighted by Crippen LogP contribution is 2.29. The average Bonchev–Trinajstić information content (AvgIpc) is 2.76. The largest absolute Gasteiger partial charge is 0.478 e. The van der Waals surface area contributed by atoms with Gasteiger partial charge in [0.15, 0.2) is 12.2 Å². The maximum atomic E-state index is 10.9. The molecule has 0 saturated carbocycles. The number of carbonyl (C=O) groups is 2. The molecule has 6 nitrogen and oxygen atoms in total. The van der Waals surface area contributed by atoms with Crippen LogP contribution in [0.5, 0.6) is 5.88 Å². The number of esters is 1. The smallest absolute Gasteiger partial charge is 0.335 e. The van der Waals surface area contributed by atoms with Gasteiger partial charge in [-0.2, -0.15) is 4.98 Å². The molecule has 1 aromatic carbocycles. The van der Waals surface area contributed by atoms with Gasteiger partial charge in [0, 0.05) is 12.5 Å². The molecular weight excluding hydrogens is 238 g/mol. The Morgan fingerprint density at radius 1 is 1.39 bits per heavy atom. The van der Waals surface area contributed by atoms with Crippen LogP contribution in [0.2, 0.25) is 0 Å². The third-order valence-electron chi connectivity index (χ3n) is 2.15. The maximum absolute atomic E-state index is 10.9. The van der Waals surface area contributed by atoms with Gasteiger partial charge >= 0.3 is 11.9 Å². The highest BCUT2D eigenvalue weighted by molar-refractivity contribution is 5.89. The molecule has 1 aromatic heterocycles. The number of aromatic nitrogens is 1. The summed E-state index contributed by atoms with van der Waals surface area (Å²) in [6.07, 6.45) is 1.13. The number of benzene rings is 1. The Bertz CT molecular complexity index is 602. The summed E-state index contributed by atoms with van der Waals surface area (Å²) in [5.41, 5.74) is 0.585. The van der Waals surface area contributed by atoms with E-state index in [4.69, 9.17) is 14.3 Å². The van der Waals surface area contributed by atoms with Crippen molar-refractivity contribution in [2.75, 3.05) is 0 Å². The van der Waals surface area contributed by atoms with Crippen molar-refractivity contribution in [2.45, 2.75) is 6.92 Å². The topological polar surface area (TPSA) is 89.6 Å². The van der Waals surface area contributed by atoms with Crippen LogP contribution in [0.15, 0.2) is 35.1 Å². The van der Waals surface area contributed by atoms with Crippen LogP contribution >= 0.6 is 0 Å². The first kappa shape index (κ1) is 11.8. The van der Waals surface area contributed by atoms with Crippen molar-refractivity contribution >= 4 is 11.9 Å². The first-order valence-electron chi connectivity index (χ1n) is 5.03. The number of carboxylic acids is 1. The number of hydrogen-bond donors (Lipinski definition) is 1. The molecule has 2 rings (SSSR count). The fraction of sp³-hybridized carbons (Fsp3) is 0.0833. The van der Waals surface area contributed by atoms with Gasteiger partial charge in [-0.15, -0.1) is 0 Å². The van der Waals surface area contributed by atoms with Crippen LogP contribution in [-0.4, -0.2) is 22.0 Å². The summed E-state index contributed by atoms with van der Waals surface area (Å²) in [5, 5.41) is 8.89. The zero-order valence-corrected chi connectivity index (χ0v) is 9.41. The van der Waals surface area contributed by atoms with E-state index in [1.807, 2.05) is 0 Å². The Morgan fingerprint density at radius 2 is 2.17 bits per heavy atom. The molecule has 0 aliphatic heterocycles. The van der Waals surface area contributed by atoms with Crippen LogP contribution in [0.1, 0.15) is 17.3 Å². The van der Waals surface area contributed by atoms with Gasteiger partial charge in [0.05, 0.1) is 5.56 Å². The molecule has 1 heterocycles. The van der Waals surface area contributed by atoms with Crippen LogP contribution < -0.4 is 4.74 Å². The van der Waals surface area contributed by atoms with Crippen LogP contribution in [-0.2, 0) is 4.79 Å². The molecule has 0 atom stereocenters. The van der Waals surface area contributed by atoms with E-state index < -0.39 is 11.9 Å². The van der Waals surface area contributed by atoms with E-state index in [1.165, 1.54) is 19.1 Å². The summed E-state index contributed by atoms with van der Waals surface area (Å²) in [5.74, 6) is -1.34. The molecular formula is C12H9NO5. The van der Waals surface area contributed by atoms with E-state index in [9.17, 15) is 9.59 Å². The lowest BCUT2D eigenvalue weighted by Gasteiger charge is -2.01. The van der Waals surface area contributed by atoms with Gasteiger partial charge < -0.3 is 14.3 Å². The molecule has 92 valence electrons. The molecule has 6 heteroatoms. The molecule has 1 N–H and O–H groups in total. The molecule has 0 bridgehead atoms. The van der Waals surface area contributed by atoms with Gasteiger partial charge in [-0.3, -0.25) is 4.79 Å². The van der Waals surface area contributed by atoms with Gasteiger partial charge in [-0.05, 0) is 12.1 Å². The number of carbonyl (C=O) groups excluding carboxylic acids is 1. The lowest BCUT2D eigenvalue weighted by Crippen LogP contribution is -2.02. The second-order valence-corrected chi connectivity index (χ2v) is 3.47. The molecule has 0 aliphatic rings. The fourth-order valence-corrected chi connectivity index (χ4v) is 1.43. The summed E-state index contributed by atoms with van der Waals surface area (Å²) >= 11 is 0. The first-order valence-corrected chi connectivity index (χ1v) is 5.03. The molecule has 18 heavy (non-hydrogen) atoms. The van der Waals surface area contributed by atoms with E-state index in [0.29, 0.717) is 5.56 Å². The van der Waals surface area contributed by atoms with Crippen molar-refractivity contribution in [3.05, 3.63) is 36.2 Å². The molecule has 0 amide bonds. The summed E-state index contributed by atoms with van der Waals surface area (Å²) in [6, 6.07) is 6.07. The zero-order valence-electron chi connectivity index (χ0n) is 9.41. The van der Waals surface area contributed by atoms with Crippen molar-refractivity contribution in [1.29, 1.82) is 0 Å². The SMILES string of the molecule is CC(=O)Oc1ncoc1-c1cccc(C(=O)O)c1. The lowest BCUT2D eigenvalue weighted by atomic mass is 10.1. The summed E-state index contributed by atoms with van der Waals surface area (Å²) in [4.78, 5) is 25.5. The Balaban J connectivity index is 2.42. The van der Waals surface area contributed by atoms with Crippen LogP contribution in [0, 0.1) is 0 Å². The Hall–Kier alpha value is -2.63. The van der Waals surface area contributed by atoms with E-state index in [0.717, 1.165) is 6.39 Å². The van der Waals surface area contributed by atoms with Crippen molar-refractivity contribution < 1.29 is 23.8 Å². The normalized spacial score (nSPS) is 10.1. The third-order valence-corrected chi connectivity index (χ3v) is 2.15. The molecule has 0 radical (unpaired) electrons. The van der Waals surface area contributed by atoms with Gasteiger partial charge in [-0.25, -0.2) is 4.79 Å². The van der Waals surface area contributed by atoms with E-state index >= 15 is 0 Å². The van der Waals surface area contributed by atoms with Crippen molar-refractivity contribution in [3.8, 4) is 17.2 Å². The van der Waals surface area contributed by atoms with E-state index in [-0.39, 0.29) is 17.2 Å². The average molecular weight is 247 g/mol. The predicted octanol–water partition coefficient (Wildman–Crippen LogP) is 1.97. The minimum atomic E-state index is -1.05. The summed E-state index contributed by atoms with van der Waals surface area (Å²) in [7, 11) is 0. The molecule has 0 unspecified atom stereocenters. The Morgan fingerprint density at radius 3 is 2.83 bits per heavy atom. The fourth-order valence-electron chi connectivity index (χ4n) is 1.43. The van der Waals surface area contributed by atoms with Crippen LogP contribution in [0.25, 0.3) is 11.3 Å². The number of carboxylic acid groups (broad SMARTS) is 1. The van der Waals surface area contributed by atoms with Gasteiger partial charge in [-0.1, -0.05) is 12.1 Å². The number of aromatic carboxylic acids is 1. The highest BCUT2D eigenvalue weighted by atomic mass is 16.6. The monoisotopic (exact) mass is 247 g/mol. The van der Waals surface area contributed by atoms with E-state index in [1.54, 1.807) is 12.1 Å². The standard InChI is InChI=1S/C12H9NO5/c1-7(14)18-11-10(17-6-13-11)8-3-2-4-9(5-8)12(15)16/h2-6H,1H3,(H,15,16). The van der Waals surface area contributed by atoms with Crippen LogP contribution in [0.4, 0.5) is 0 Å². The number of rotatable bonds is 3. The van der Waals surface area contributed by atoms with Crippen LogP contribution in [0.3, 0.4) is 0 Å². The molecule has 0 saturated heterocycles. The van der Waals surface area contributed by atoms with Gasteiger partial charge in [0.1, 0.15) is 0 Å². The number of oxazole rings is 1. The minimum absolute atomic E-state index is 0.0186. The Labute approximate surface area is 102 Å². The number of hydrogen-bond acceptors (Lipinski definition) is 5. The Kier molecular flexibility index (Phi) is 3.09. The predicted molar refractivity (Wildman–Crippen MR) is 60.2 cm³/mol. The van der Waals surface area contributed by atoms with Crippen molar-refractivity contribution in [2.24, 2.45) is 0 Å². The van der Waals surface area contributed by atoms with E-state index in [2.05, 4.69) is 4.98 Å². The number of ether oxygens (including phenoxy) is 1. The zero-order chi connectivity index (χ0) is 13.1. The maximum Gasteiger partial charge on any atom is 0.335 e. The second kappa shape index (κ2) is 4.70.